The molecule has 0 aromatic heterocycles. The Balaban J connectivity index is 1.55. The van der Waals surface area contributed by atoms with Crippen molar-refractivity contribution in [2.75, 3.05) is 13.7 Å². The van der Waals surface area contributed by atoms with Gasteiger partial charge in [0.2, 0.25) is 0 Å². The van der Waals surface area contributed by atoms with E-state index in [4.69, 9.17) is 9.47 Å². The van der Waals surface area contributed by atoms with E-state index in [0.29, 0.717) is 18.5 Å². The van der Waals surface area contributed by atoms with Crippen molar-refractivity contribution in [2.24, 2.45) is 0 Å². The van der Waals surface area contributed by atoms with Crippen molar-refractivity contribution in [3.63, 3.8) is 0 Å². The maximum Gasteiger partial charge on any atom is 0.407 e. The molecule has 2 aromatic rings. The summed E-state index contributed by atoms with van der Waals surface area (Å²) < 4.78 is 36.1. The lowest BCUT2D eigenvalue weighted by molar-refractivity contribution is 0.0188. The number of nitrogens with one attached hydrogen (secondary N) is 2. The molecule has 0 aliphatic carbocycles. The highest BCUT2D eigenvalue weighted by Crippen LogP contribution is 2.21. The van der Waals surface area contributed by atoms with Gasteiger partial charge in [0.05, 0.1) is 13.2 Å². The average molecular weight is 406 g/mol. The zero-order valence-corrected chi connectivity index (χ0v) is 16.0. The van der Waals surface area contributed by atoms with Crippen LogP contribution in [0.5, 0.6) is 5.75 Å². The maximum atomic E-state index is 12.8. The number of alkyl carbamates (subject to hydrolysis) is 1. The largest absolute Gasteiger partial charge is 0.497 e. The molecule has 3 N–H and O–H groups in total. The van der Waals surface area contributed by atoms with Crippen LogP contribution in [-0.4, -0.2) is 43.1 Å². The predicted octanol–water partition coefficient (Wildman–Crippen LogP) is 2.80. The van der Waals surface area contributed by atoms with Gasteiger partial charge in [0, 0.05) is 18.7 Å². The standard InChI is InChI=1S/C21H24F2N2O4/c1-28-16-7-5-13(6-8-16)10-17-19(18(26)12-24-17)29-21(27)25-11-14-3-2-4-15(9-14)20(22)23/h2-9,17-20,24,26H,10-12H2,1H3,(H,25,27)/t17-,18+,19+/m1/s1. The van der Waals surface area contributed by atoms with Crippen LogP contribution < -0.4 is 15.4 Å². The summed E-state index contributed by atoms with van der Waals surface area (Å²) in [6.45, 7) is 0.369. The van der Waals surface area contributed by atoms with E-state index in [-0.39, 0.29) is 18.2 Å². The highest BCUT2D eigenvalue weighted by Gasteiger charge is 2.37. The minimum Gasteiger partial charge on any atom is -0.497 e. The molecule has 0 radical (unpaired) electrons. The summed E-state index contributed by atoms with van der Waals surface area (Å²) in [6.07, 6.45) is -4.26. The molecular formula is C21H24F2N2O4. The van der Waals surface area contributed by atoms with E-state index in [9.17, 15) is 18.7 Å². The van der Waals surface area contributed by atoms with E-state index in [1.807, 2.05) is 24.3 Å². The molecule has 2 aromatic carbocycles. The molecule has 0 bridgehead atoms. The zero-order valence-electron chi connectivity index (χ0n) is 16.0. The molecule has 0 unspecified atom stereocenters. The first-order valence-corrected chi connectivity index (χ1v) is 9.32. The number of hydrogen-bond acceptors (Lipinski definition) is 5. The summed E-state index contributed by atoms with van der Waals surface area (Å²) in [5.41, 5.74) is 1.45. The second kappa shape index (κ2) is 9.67. The number of carbonyl (C=O) groups is 1. The van der Waals surface area contributed by atoms with Gasteiger partial charge in [-0.05, 0) is 35.7 Å². The van der Waals surface area contributed by atoms with Crippen molar-refractivity contribution in [3.05, 3.63) is 65.2 Å². The van der Waals surface area contributed by atoms with Crippen molar-refractivity contribution < 1.29 is 28.2 Å². The second-order valence-electron chi connectivity index (χ2n) is 6.90. The lowest BCUT2D eigenvalue weighted by Gasteiger charge is -2.22. The Kier molecular flexibility index (Phi) is 7.00. The van der Waals surface area contributed by atoms with Gasteiger partial charge in [0.1, 0.15) is 18.0 Å². The minimum atomic E-state index is -2.57. The van der Waals surface area contributed by atoms with E-state index < -0.39 is 24.7 Å². The summed E-state index contributed by atoms with van der Waals surface area (Å²) >= 11 is 0. The fourth-order valence-corrected chi connectivity index (χ4v) is 3.32. The number of hydrogen-bond donors (Lipinski definition) is 3. The van der Waals surface area contributed by atoms with Crippen molar-refractivity contribution in [1.82, 2.24) is 10.6 Å². The number of β-amino-alcohol motifs (C(OH)–C–C–N with tert-alkyl or cyclic N) is 1. The number of benzene rings is 2. The Morgan fingerprint density at radius 2 is 2.00 bits per heavy atom. The molecule has 1 aliphatic rings. The number of aliphatic hydroxyl groups is 1. The summed E-state index contributed by atoms with van der Waals surface area (Å²) in [5, 5.41) is 15.9. The van der Waals surface area contributed by atoms with Crippen LogP contribution in [0.25, 0.3) is 0 Å². The van der Waals surface area contributed by atoms with Crippen LogP contribution in [0.2, 0.25) is 0 Å². The first-order valence-electron chi connectivity index (χ1n) is 9.32. The van der Waals surface area contributed by atoms with Crippen molar-refractivity contribution in [3.8, 4) is 5.75 Å². The molecule has 1 fully saturated rings. The van der Waals surface area contributed by atoms with Crippen LogP contribution >= 0.6 is 0 Å². The molecule has 1 heterocycles. The molecule has 1 amide bonds. The van der Waals surface area contributed by atoms with Gasteiger partial charge < -0.3 is 25.2 Å². The molecule has 0 spiro atoms. The number of aliphatic hydroxyl groups excluding tert-OH is 1. The van der Waals surface area contributed by atoms with Gasteiger partial charge in [-0.25, -0.2) is 13.6 Å². The third kappa shape index (κ3) is 5.65. The van der Waals surface area contributed by atoms with E-state index in [1.54, 1.807) is 13.2 Å². The molecule has 29 heavy (non-hydrogen) atoms. The van der Waals surface area contributed by atoms with Crippen LogP contribution in [0, 0.1) is 0 Å². The number of rotatable bonds is 7. The second-order valence-corrected chi connectivity index (χ2v) is 6.90. The lowest BCUT2D eigenvalue weighted by Crippen LogP contribution is -2.41. The van der Waals surface area contributed by atoms with Crippen LogP contribution in [-0.2, 0) is 17.7 Å². The Morgan fingerprint density at radius 1 is 1.24 bits per heavy atom. The van der Waals surface area contributed by atoms with Gasteiger partial charge in [0.15, 0.2) is 0 Å². The maximum absolute atomic E-state index is 12.8. The van der Waals surface area contributed by atoms with Gasteiger partial charge in [0.25, 0.3) is 6.43 Å². The Labute approximate surface area is 167 Å². The first-order chi connectivity index (χ1) is 14.0. The van der Waals surface area contributed by atoms with Crippen LogP contribution in [0.4, 0.5) is 13.6 Å². The summed E-state index contributed by atoms with van der Waals surface area (Å²) in [7, 11) is 1.59. The van der Waals surface area contributed by atoms with E-state index in [0.717, 1.165) is 11.3 Å². The van der Waals surface area contributed by atoms with Crippen molar-refractivity contribution in [1.29, 1.82) is 0 Å². The molecule has 0 saturated carbocycles. The van der Waals surface area contributed by atoms with E-state index in [2.05, 4.69) is 10.6 Å². The average Bonchev–Trinajstić information content (AvgIpc) is 3.06. The van der Waals surface area contributed by atoms with Crippen LogP contribution in [0.1, 0.15) is 23.1 Å². The van der Waals surface area contributed by atoms with Gasteiger partial charge in [-0.3, -0.25) is 0 Å². The fourth-order valence-electron chi connectivity index (χ4n) is 3.32. The molecule has 3 atom stereocenters. The van der Waals surface area contributed by atoms with Gasteiger partial charge in [-0.15, -0.1) is 0 Å². The Morgan fingerprint density at radius 3 is 2.69 bits per heavy atom. The van der Waals surface area contributed by atoms with Crippen molar-refractivity contribution in [2.45, 2.75) is 37.6 Å². The third-order valence-electron chi connectivity index (χ3n) is 4.86. The Hall–Kier alpha value is -2.71. The number of alkyl halides is 2. The summed E-state index contributed by atoms with van der Waals surface area (Å²) in [5.74, 6) is 0.747. The molecule has 3 rings (SSSR count). The molecular weight excluding hydrogens is 382 g/mol. The van der Waals surface area contributed by atoms with Gasteiger partial charge in [-0.1, -0.05) is 30.3 Å². The highest BCUT2D eigenvalue weighted by molar-refractivity contribution is 5.67. The number of carbonyl (C=O) groups excluding carboxylic acids is 1. The third-order valence-corrected chi connectivity index (χ3v) is 4.86. The predicted molar refractivity (Wildman–Crippen MR) is 103 cm³/mol. The monoisotopic (exact) mass is 406 g/mol. The van der Waals surface area contributed by atoms with Crippen LogP contribution in [0.15, 0.2) is 48.5 Å². The zero-order chi connectivity index (χ0) is 20.8. The minimum absolute atomic E-state index is 0.0543. The molecule has 8 heteroatoms. The van der Waals surface area contributed by atoms with E-state index in [1.165, 1.54) is 18.2 Å². The quantitative estimate of drug-likeness (QED) is 0.659. The normalized spacial score (nSPS) is 21.2. The molecule has 1 saturated heterocycles. The highest BCUT2D eigenvalue weighted by atomic mass is 19.3. The summed E-state index contributed by atoms with van der Waals surface area (Å²) in [4.78, 5) is 12.2. The van der Waals surface area contributed by atoms with Crippen molar-refractivity contribution >= 4 is 6.09 Å². The topological polar surface area (TPSA) is 79.8 Å². The van der Waals surface area contributed by atoms with E-state index >= 15 is 0 Å². The smallest absolute Gasteiger partial charge is 0.407 e. The number of amides is 1. The summed E-state index contributed by atoms with van der Waals surface area (Å²) in [6, 6.07) is 13.1. The molecule has 6 nitrogen and oxygen atoms in total. The van der Waals surface area contributed by atoms with Crippen LogP contribution in [0.3, 0.4) is 0 Å². The first kappa shape index (κ1) is 21.0. The SMILES string of the molecule is COc1ccc(C[C@H]2NC[C@H](O)[C@H]2OC(=O)NCc2cccc(C(F)F)c2)cc1. The van der Waals surface area contributed by atoms with Gasteiger partial charge >= 0.3 is 6.09 Å². The Bertz CT molecular complexity index is 817. The van der Waals surface area contributed by atoms with Gasteiger partial charge in [-0.2, -0.15) is 0 Å². The number of methoxy groups -OCH3 is 1. The molecule has 156 valence electrons. The number of halogens is 2. The fraction of sp³-hybridized carbons (Fsp3) is 0.381. The number of ether oxygens (including phenoxy) is 2. The molecule has 1 aliphatic heterocycles. The lowest BCUT2D eigenvalue weighted by atomic mass is 10.0.